The van der Waals surface area contributed by atoms with Crippen LogP contribution < -0.4 is 15.0 Å². The number of rotatable bonds is 3. The van der Waals surface area contributed by atoms with Crippen molar-refractivity contribution in [3.63, 3.8) is 0 Å². The molecule has 0 amide bonds. The Hall–Kier alpha value is -2.87. The van der Waals surface area contributed by atoms with Gasteiger partial charge in [0.15, 0.2) is 5.75 Å². The molecule has 0 bridgehead atoms. The molecule has 1 aromatic heterocycles. The Labute approximate surface area is 143 Å². The molecule has 0 saturated heterocycles. The van der Waals surface area contributed by atoms with E-state index in [-0.39, 0.29) is 11.4 Å². The van der Waals surface area contributed by atoms with Crippen LogP contribution in [-0.2, 0) is 0 Å². The normalized spacial score (nSPS) is 21.1. The average Bonchev–Trinajstić information content (AvgIpc) is 2.56. The molecule has 0 saturated carbocycles. The van der Waals surface area contributed by atoms with Gasteiger partial charge in [0.05, 0.1) is 18.1 Å². The summed E-state index contributed by atoms with van der Waals surface area (Å²) in [5, 5.41) is 21.9. The first kappa shape index (κ1) is 17.0. The lowest BCUT2D eigenvalue weighted by atomic mass is 9.86. The highest BCUT2D eigenvalue weighted by Gasteiger charge is 2.44. The van der Waals surface area contributed by atoms with Crippen molar-refractivity contribution >= 4 is 5.69 Å². The van der Waals surface area contributed by atoms with Crippen LogP contribution in [-0.4, -0.2) is 33.4 Å². The van der Waals surface area contributed by atoms with Gasteiger partial charge in [-0.15, -0.1) is 0 Å². The second-order valence-corrected chi connectivity index (χ2v) is 6.36. The van der Waals surface area contributed by atoms with Crippen molar-refractivity contribution in [1.82, 2.24) is 4.57 Å². The van der Waals surface area contributed by atoms with Crippen LogP contribution in [0.2, 0.25) is 0 Å². The molecule has 2 aromatic rings. The lowest BCUT2D eigenvalue weighted by Gasteiger charge is -2.42. The van der Waals surface area contributed by atoms with E-state index in [4.69, 9.17) is 9.47 Å². The van der Waals surface area contributed by atoms with Crippen molar-refractivity contribution < 1.29 is 19.5 Å². The zero-order valence-corrected chi connectivity index (χ0v) is 14.0. The topological polar surface area (TPSA) is 104 Å². The number of ether oxygens (including phenoxy) is 2. The van der Waals surface area contributed by atoms with Crippen LogP contribution in [0.4, 0.5) is 5.69 Å². The molecule has 132 valence electrons. The molecular formula is C17H18N2O6. The third-order valence-electron chi connectivity index (χ3n) is 4.37. The number of fused-ring (bicyclic) bond motifs is 1. The van der Waals surface area contributed by atoms with Crippen LogP contribution in [0, 0.1) is 10.1 Å². The standard InChI is InChI=1S/C17H18N2O6/c1-17(2)15(20)14(18-8-4-5-13(24-3)16(18)21)11-9-10(19(22)23)6-7-12(11)25-17/h4-9,14-15,20H,1-3H3. The van der Waals surface area contributed by atoms with E-state index in [0.29, 0.717) is 11.3 Å². The van der Waals surface area contributed by atoms with Gasteiger partial charge in [-0.05, 0) is 32.0 Å². The summed E-state index contributed by atoms with van der Waals surface area (Å²) in [6, 6.07) is 6.43. The number of aliphatic hydroxyl groups is 1. The van der Waals surface area contributed by atoms with Gasteiger partial charge in [-0.3, -0.25) is 14.9 Å². The minimum atomic E-state index is -1.10. The summed E-state index contributed by atoms with van der Waals surface area (Å²) in [5.41, 5.74) is -1.20. The largest absolute Gasteiger partial charge is 0.491 e. The van der Waals surface area contributed by atoms with Gasteiger partial charge in [0.2, 0.25) is 0 Å². The Bertz CT molecular complexity index is 889. The lowest BCUT2D eigenvalue weighted by molar-refractivity contribution is -0.385. The molecule has 2 atom stereocenters. The van der Waals surface area contributed by atoms with Gasteiger partial charge in [-0.1, -0.05) is 0 Å². The van der Waals surface area contributed by atoms with E-state index in [1.165, 1.54) is 42.1 Å². The predicted octanol–water partition coefficient (Wildman–Crippen LogP) is 1.89. The van der Waals surface area contributed by atoms with E-state index in [1.54, 1.807) is 19.9 Å². The summed E-state index contributed by atoms with van der Waals surface area (Å²) in [5.74, 6) is 0.506. The Morgan fingerprint density at radius 3 is 2.72 bits per heavy atom. The van der Waals surface area contributed by atoms with E-state index in [0.717, 1.165) is 0 Å². The Balaban J connectivity index is 2.26. The monoisotopic (exact) mass is 346 g/mol. The van der Waals surface area contributed by atoms with Gasteiger partial charge in [0.25, 0.3) is 11.2 Å². The molecule has 0 aliphatic carbocycles. The van der Waals surface area contributed by atoms with Crippen LogP contribution in [0.1, 0.15) is 25.5 Å². The Kier molecular flexibility index (Phi) is 4.00. The highest BCUT2D eigenvalue weighted by Crippen LogP contribution is 2.42. The van der Waals surface area contributed by atoms with Gasteiger partial charge < -0.3 is 19.1 Å². The van der Waals surface area contributed by atoms with Crippen LogP contribution in [0.5, 0.6) is 11.5 Å². The highest BCUT2D eigenvalue weighted by molar-refractivity contribution is 5.48. The van der Waals surface area contributed by atoms with Gasteiger partial charge in [0, 0.05) is 23.9 Å². The van der Waals surface area contributed by atoms with Crippen LogP contribution in [0.25, 0.3) is 0 Å². The Morgan fingerprint density at radius 1 is 1.36 bits per heavy atom. The van der Waals surface area contributed by atoms with Gasteiger partial charge in [0.1, 0.15) is 17.5 Å². The molecule has 0 spiro atoms. The molecule has 1 N–H and O–H groups in total. The molecule has 1 aliphatic rings. The SMILES string of the molecule is COc1cccn(C2c3cc([N+](=O)[O-])ccc3OC(C)(C)C2O)c1=O. The second-order valence-electron chi connectivity index (χ2n) is 6.36. The first-order chi connectivity index (χ1) is 11.8. The molecule has 0 fully saturated rings. The van der Waals surface area contributed by atoms with E-state index in [9.17, 15) is 20.0 Å². The molecule has 1 aliphatic heterocycles. The number of nitro benzene ring substituents is 1. The van der Waals surface area contributed by atoms with Gasteiger partial charge in [-0.2, -0.15) is 0 Å². The molecule has 0 radical (unpaired) electrons. The number of nitrogens with zero attached hydrogens (tertiary/aromatic N) is 2. The van der Waals surface area contributed by atoms with Crippen LogP contribution in [0.15, 0.2) is 41.3 Å². The van der Waals surface area contributed by atoms with E-state index < -0.39 is 28.2 Å². The first-order valence-corrected chi connectivity index (χ1v) is 7.67. The number of hydrogen-bond acceptors (Lipinski definition) is 6. The fraction of sp³-hybridized carbons (Fsp3) is 0.353. The lowest BCUT2D eigenvalue weighted by Crippen LogP contribution is -2.52. The molecular weight excluding hydrogens is 328 g/mol. The maximum absolute atomic E-state index is 12.6. The average molecular weight is 346 g/mol. The number of benzene rings is 1. The smallest absolute Gasteiger partial charge is 0.293 e. The van der Waals surface area contributed by atoms with Gasteiger partial charge >= 0.3 is 0 Å². The molecule has 25 heavy (non-hydrogen) atoms. The second kappa shape index (κ2) is 5.89. The molecule has 2 heterocycles. The van der Waals surface area contributed by atoms with Crippen molar-refractivity contribution in [2.75, 3.05) is 7.11 Å². The van der Waals surface area contributed by atoms with Crippen molar-refractivity contribution in [3.8, 4) is 11.5 Å². The molecule has 8 heteroatoms. The third kappa shape index (κ3) is 2.74. The van der Waals surface area contributed by atoms with Crippen molar-refractivity contribution in [1.29, 1.82) is 0 Å². The quantitative estimate of drug-likeness (QED) is 0.672. The summed E-state index contributed by atoms with van der Waals surface area (Å²) in [7, 11) is 1.38. The van der Waals surface area contributed by atoms with Crippen molar-refractivity contribution in [2.45, 2.75) is 31.6 Å². The molecule has 1 aromatic carbocycles. The Morgan fingerprint density at radius 2 is 2.08 bits per heavy atom. The zero-order chi connectivity index (χ0) is 18.4. The molecule has 2 unspecified atom stereocenters. The maximum Gasteiger partial charge on any atom is 0.293 e. The number of hydrogen-bond donors (Lipinski definition) is 1. The first-order valence-electron chi connectivity index (χ1n) is 7.67. The minimum absolute atomic E-state index is 0.117. The van der Waals surface area contributed by atoms with E-state index >= 15 is 0 Å². The summed E-state index contributed by atoms with van der Waals surface area (Å²) in [6.07, 6.45) is 0.412. The maximum atomic E-state index is 12.6. The minimum Gasteiger partial charge on any atom is -0.491 e. The van der Waals surface area contributed by atoms with Gasteiger partial charge in [-0.25, -0.2) is 0 Å². The van der Waals surface area contributed by atoms with E-state index in [1.807, 2.05) is 0 Å². The third-order valence-corrected chi connectivity index (χ3v) is 4.37. The number of aromatic nitrogens is 1. The summed E-state index contributed by atoms with van der Waals surface area (Å²) < 4.78 is 12.2. The zero-order valence-electron chi connectivity index (χ0n) is 14.0. The number of methoxy groups -OCH3 is 1. The summed E-state index contributed by atoms with van der Waals surface area (Å²) >= 11 is 0. The number of aliphatic hydroxyl groups excluding tert-OH is 1. The van der Waals surface area contributed by atoms with E-state index in [2.05, 4.69) is 0 Å². The number of non-ortho nitro benzene ring substituents is 1. The molecule has 8 nitrogen and oxygen atoms in total. The highest BCUT2D eigenvalue weighted by atomic mass is 16.6. The fourth-order valence-corrected chi connectivity index (χ4v) is 3.03. The fourth-order valence-electron chi connectivity index (χ4n) is 3.03. The summed E-state index contributed by atoms with van der Waals surface area (Å²) in [6.45, 7) is 3.39. The molecule has 3 rings (SSSR count). The predicted molar refractivity (Wildman–Crippen MR) is 89.2 cm³/mol. The van der Waals surface area contributed by atoms with Crippen LogP contribution >= 0.6 is 0 Å². The number of pyridine rings is 1. The summed E-state index contributed by atoms with van der Waals surface area (Å²) in [4.78, 5) is 23.2. The van der Waals surface area contributed by atoms with Crippen molar-refractivity contribution in [3.05, 3.63) is 62.6 Å². The van der Waals surface area contributed by atoms with Crippen molar-refractivity contribution in [2.24, 2.45) is 0 Å². The van der Waals surface area contributed by atoms with Crippen LogP contribution in [0.3, 0.4) is 0 Å². The number of nitro groups is 1.